The van der Waals surface area contributed by atoms with Gasteiger partial charge in [0.2, 0.25) is 6.71 Å². The number of fused-ring (bicyclic) bond motifs is 8. The van der Waals surface area contributed by atoms with Crippen LogP contribution in [0.2, 0.25) is 0 Å². The van der Waals surface area contributed by atoms with Crippen molar-refractivity contribution in [3.8, 4) is 22.3 Å². The van der Waals surface area contributed by atoms with E-state index in [1.54, 1.807) is 5.47 Å². The Labute approximate surface area is 477 Å². The first-order valence-corrected chi connectivity index (χ1v) is 31.0. The zero-order valence-corrected chi connectivity index (χ0v) is 51.5. The largest absolute Gasteiger partial charge is 0.311 e. The maximum atomic E-state index is 17.1. The number of anilines is 5. The molecule has 2 nitrogen and oxygen atoms in total. The van der Waals surface area contributed by atoms with Gasteiger partial charge in [-0.2, -0.15) is 0 Å². The van der Waals surface area contributed by atoms with E-state index in [0.717, 1.165) is 67.6 Å². The van der Waals surface area contributed by atoms with Gasteiger partial charge in [-0.15, -0.1) is 11.8 Å². The summed E-state index contributed by atoms with van der Waals surface area (Å²) < 4.78 is 34.2. The van der Waals surface area contributed by atoms with Crippen molar-refractivity contribution in [3.63, 3.8) is 0 Å². The van der Waals surface area contributed by atoms with E-state index in [9.17, 15) is 0 Å². The summed E-state index contributed by atoms with van der Waals surface area (Å²) in [6.07, 6.45) is 8.78. The van der Waals surface area contributed by atoms with Gasteiger partial charge in [0.05, 0.1) is 22.0 Å². The highest BCUT2D eigenvalue weighted by Crippen LogP contribution is 2.67. The van der Waals surface area contributed by atoms with Crippen molar-refractivity contribution in [2.24, 2.45) is 16.7 Å². The monoisotopic (exact) mass is 1070 g/mol. The average molecular weight is 1070 g/mol. The van der Waals surface area contributed by atoms with E-state index < -0.39 is 11.6 Å². The lowest BCUT2D eigenvalue weighted by Gasteiger charge is -2.52. The lowest BCUT2D eigenvalue weighted by molar-refractivity contribution is 0.0926. The van der Waals surface area contributed by atoms with Crippen molar-refractivity contribution in [1.29, 1.82) is 0 Å². The summed E-state index contributed by atoms with van der Waals surface area (Å²) in [7, 11) is 0. The predicted molar refractivity (Wildman–Crippen MR) is 335 cm³/mol. The second-order valence-electron chi connectivity index (χ2n) is 31.1. The zero-order valence-electron chi connectivity index (χ0n) is 50.7. The molecule has 410 valence electrons. The molecular formula is C73H85BF2N2S. The van der Waals surface area contributed by atoms with Crippen LogP contribution in [-0.4, -0.2) is 12.0 Å². The van der Waals surface area contributed by atoms with Crippen LogP contribution in [0.5, 0.6) is 0 Å². The smallest absolute Gasteiger partial charge is 0.248 e. The fourth-order valence-electron chi connectivity index (χ4n) is 16.5. The molecule has 6 aromatic carbocycles. The Hall–Kier alpha value is -5.07. The molecule has 6 aromatic rings. The average Bonchev–Trinajstić information content (AvgIpc) is 2.58. The van der Waals surface area contributed by atoms with Crippen LogP contribution < -0.4 is 20.7 Å². The molecule has 0 amide bonds. The van der Waals surface area contributed by atoms with Crippen molar-refractivity contribution in [1.82, 2.24) is 0 Å². The van der Waals surface area contributed by atoms with Gasteiger partial charge in [0.25, 0.3) is 0 Å². The number of hydrogen-bond donors (Lipinski definition) is 0. The maximum Gasteiger partial charge on any atom is 0.248 e. The van der Waals surface area contributed by atoms with Crippen molar-refractivity contribution < 1.29 is 8.78 Å². The minimum atomic E-state index is -0.534. The second-order valence-corrected chi connectivity index (χ2v) is 32.3. The Morgan fingerprint density at radius 2 is 0.873 bits per heavy atom. The van der Waals surface area contributed by atoms with Crippen molar-refractivity contribution in [2.75, 3.05) is 9.80 Å². The number of benzene rings is 6. The third-order valence-corrected chi connectivity index (χ3v) is 23.8. The van der Waals surface area contributed by atoms with Crippen LogP contribution in [0.3, 0.4) is 0 Å². The molecule has 79 heavy (non-hydrogen) atoms. The Kier molecular flexibility index (Phi) is 11.5. The highest BCUT2D eigenvalue weighted by Gasteiger charge is 2.61. The standard InChI is InChI=1S/C73H85BF2N2S/c1-42-34-58-62-59(35-42)78(55-39-49-46(66(2,3)26-29-69(49,8)9)36-44(55)43-22-19-18-20-23-43)65-63(61-64(79-65)73(16,17)33-32-72(61,14)15)74(62)52-38-48-51(71(12,13)31-28-68(48,6)7)41-57(52)77(58)56-40-50-47(67(4,5)27-30-70(50,10)11)37-45(56)60-53(75)24-21-25-54(60)76/h18-25,34-41,61,64H,26-33H2,1-17H3. The quantitative estimate of drug-likeness (QED) is 0.163. The number of halogens is 2. The summed E-state index contributed by atoms with van der Waals surface area (Å²) in [6, 6.07) is 35.6. The lowest BCUT2D eigenvalue weighted by Crippen LogP contribution is -2.59. The number of allylic oxidation sites excluding steroid dienone is 1. The van der Waals surface area contributed by atoms with E-state index in [2.05, 4.69) is 218 Å². The molecule has 0 N–H and O–H groups in total. The highest BCUT2D eigenvalue weighted by molar-refractivity contribution is 8.04. The van der Waals surface area contributed by atoms with E-state index in [1.807, 2.05) is 0 Å². The van der Waals surface area contributed by atoms with Crippen molar-refractivity contribution >= 4 is 57.8 Å². The van der Waals surface area contributed by atoms with Gasteiger partial charge in [0.15, 0.2) is 0 Å². The molecule has 3 aliphatic heterocycles. The zero-order chi connectivity index (χ0) is 56.3. The molecule has 7 aliphatic rings. The van der Waals surface area contributed by atoms with Crippen molar-refractivity contribution in [2.45, 2.75) is 207 Å². The minimum absolute atomic E-state index is 0.0116. The van der Waals surface area contributed by atoms with Gasteiger partial charge in [-0.1, -0.05) is 159 Å². The molecule has 1 saturated carbocycles. The number of thioether (sulfide) groups is 1. The van der Waals surface area contributed by atoms with Gasteiger partial charge in [-0.25, -0.2) is 8.78 Å². The lowest BCUT2D eigenvalue weighted by atomic mass is 9.29. The van der Waals surface area contributed by atoms with Crippen LogP contribution in [0.1, 0.15) is 201 Å². The molecule has 0 saturated heterocycles. The third kappa shape index (κ3) is 7.80. The van der Waals surface area contributed by atoms with E-state index in [0.29, 0.717) is 10.8 Å². The first-order valence-electron chi connectivity index (χ1n) is 30.1. The maximum absolute atomic E-state index is 17.1. The van der Waals surface area contributed by atoms with E-state index >= 15 is 8.78 Å². The van der Waals surface area contributed by atoms with Crippen molar-refractivity contribution in [3.05, 3.63) is 158 Å². The van der Waals surface area contributed by atoms with Gasteiger partial charge in [0.1, 0.15) is 11.6 Å². The van der Waals surface area contributed by atoms with Crippen LogP contribution in [0.25, 0.3) is 22.3 Å². The van der Waals surface area contributed by atoms with Crippen LogP contribution >= 0.6 is 11.8 Å². The van der Waals surface area contributed by atoms with Crippen LogP contribution in [0.4, 0.5) is 37.2 Å². The van der Waals surface area contributed by atoms with Crippen LogP contribution in [-0.2, 0) is 32.5 Å². The first-order chi connectivity index (χ1) is 36.9. The fraction of sp³-hybridized carbons (Fsp3) is 0.479. The van der Waals surface area contributed by atoms with Gasteiger partial charge in [0, 0.05) is 33.4 Å². The summed E-state index contributed by atoms with van der Waals surface area (Å²) in [5.74, 6) is -0.783. The third-order valence-electron chi connectivity index (χ3n) is 22.0. The molecule has 0 spiro atoms. The molecule has 13 rings (SSSR count). The number of aryl methyl sites for hydroxylation is 1. The van der Waals surface area contributed by atoms with Crippen LogP contribution in [0.15, 0.2) is 108 Å². The number of nitrogens with zero attached hydrogens (tertiary/aromatic N) is 2. The molecule has 2 atom stereocenters. The Balaban J connectivity index is 1.22. The molecule has 4 aliphatic carbocycles. The second kappa shape index (κ2) is 17.0. The first kappa shape index (κ1) is 53.3. The topological polar surface area (TPSA) is 6.48 Å². The van der Waals surface area contributed by atoms with Crippen LogP contribution in [0, 0.1) is 35.3 Å². The van der Waals surface area contributed by atoms with E-state index in [1.165, 1.54) is 96.5 Å². The summed E-state index contributed by atoms with van der Waals surface area (Å²) >= 11 is 2.18. The SMILES string of the molecule is Cc1cc2c3c(c1)N(c1cc4c(cc1-c1c(F)cccc1F)C(C)(C)CCC4(C)C)c1cc4c(cc1B3C1=C(SC3C1C(C)(C)CCC3(C)C)N2c1cc2c(cc1-c1ccccc1)C(C)(C)CCC2(C)C)C(C)(C)CCC4(C)C. The number of hydrogen-bond acceptors (Lipinski definition) is 3. The minimum Gasteiger partial charge on any atom is -0.311 e. The van der Waals surface area contributed by atoms with E-state index in [-0.39, 0.29) is 61.5 Å². The molecule has 0 radical (unpaired) electrons. The molecule has 0 bridgehead atoms. The molecule has 6 heteroatoms. The Bertz CT molecular complexity index is 3610. The van der Waals surface area contributed by atoms with Gasteiger partial charge in [-0.3, -0.25) is 0 Å². The molecule has 0 aromatic heterocycles. The summed E-state index contributed by atoms with van der Waals surface area (Å²) in [6.45, 7) is 41.5. The molecule has 3 heterocycles. The highest BCUT2D eigenvalue weighted by atomic mass is 32.2. The normalized spacial score (nSPS) is 24.4. The van der Waals surface area contributed by atoms with Gasteiger partial charge < -0.3 is 9.80 Å². The predicted octanol–water partition coefficient (Wildman–Crippen LogP) is 19.5. The molecule has 2 unspecified atom stereocenters. The van der Waals surface area contributed by atoms with Gasteiger partial charge in [-0.05, 0) is 218 Å². The molecular weight excluding hydrogens is 986 g/mol. The summed E-state index contributed by atoms with van der Waals surface area (Å²) in [5, 5.41) is 1.76. The van der Waals surface area contributed by atoms with Gasteiger partial charge >= 0.3 is 0 Å². The Morgan fingerprint density at radius 3 is 1.39 bits per heavy atom. The summed E-state index contributed by atoms with van der Waals surface area (Å²) in [4.78, 5) is 5.31. The summed E-state index contributed by atoms with van der Waals surface area (Å²) in [5.41, 5.74) is 21.8. The fourth-order valence-corrected chi connectivity index (χ4v) is 18.5. The Morgan fingerprint density at radius 1 is 0.443 bits per heavy atom. The van der Waals surface area contributed by atoms with E-state index in [4.69, 9.17) is 0 Å². The molecule has 1 fully saturated rings. The number of rotatable bonds is 4.